The van der Waals surface area contributed by atoms with Crippen LogP contribution in [-0.4, -0.2) is 11.9 Å². The quantitative estimate of drug-likeness (QED) is 0.675. The third-order valence-corrected chi connectivity index (χ3v) is 4.28. The Morgan fingerprint density at radius 3 is 2.42 bits per heavy atom. The first-order valence-corrected chi connectivity index (χ1v) is 7.90. The molecule has 3 nitrogen and oxygen atoms in total. The summed E-state index contributed by atoms with van der Waals surface area (Å²) in [5.41, 5.74) is 4.00. The lowest BCUT2D eigenvalue weighted by Crippen LogP contribution is -2.19. The molecule has 124 valence electrons. The molecule has 0 amide bonds. The van der Waals surface area contributed by atoms with E-state index in [1.165, 1.54) is 12.1 Å². The van der Waals surface area contributed by atoms with Crippen molar-refractivity contribution in [1.82, 2.24) is 4.90 Å². The molecule has 1 aromatic heterocycles. The molecule has 4 heteroatoms. The van der Waals surface area contributed by atoms with Crippen molar-refractivity contribution in [2.75, 3.05) is 7.05 Å². The highest BCUT2D eigenvalue weighted by Gasteiger charge is 2.11. The highest BCUT2D eigenvalue weighted by Crippen LogP contribution is 2.23. The number of nitrogens with zero attached hydrogens (tertiary/aromatic N) is 1. The van der Waals surface area contributed by atoms with Crippen molar-refractivity contribution < 1.29 is 8.81 Å². The summed E-state index contributed by atoms with van der Waals surface area (Å²) in [6.07, 6.45) is 0. The van der Waals surface area contributed by atoms with Crippen molar-refractivity contribution in [3.63, 3.8) is 0 Å². The zero-order valence-corrected chi connectivity index (χ0v) is 14.1. The normalized spacial score (nSPS) is 11.4. The van der Waals surface area contributed by atoms with E-state index in [-0.39, 0.29) is 11.4 Å². The number of aryl methyl sites for hydroxylation is 2. The molecule has 3 rings (SSSR count). The van der Waals surface area contributed by atoms with Crippen LogP contribution < -0.4 is 5.63 Å². The van der Waals surface area contributed by atoms with Crippen molar-refractivity contribution >= 4 is 11.0 Å². The number of halogens is 1. The summed E-state index contributed by atoms with van der Waals surface area (Å²) in [7, 11) is 1.91. The van der Waals surface area contributed by atoms with Crippen molar-refractivity contribution in [2.45, 2.75) is 26.9 Å². The molecule has 0 aliphatic rings. The molecule has 0 aliphatic heterocycles. The molecule has 0 N–H and O–H groups in total. The minimum atomic E-state index is -0.361. The second kappa shape index (κ2) is 6.57. The van der Waals surface area contributed by atoms with E-state index in [1.54, 1.807) is 12.1 Å². The van der Waals surface area contributed by atoms with E-state index in [2.05, 4.69) is 0 Å². The van der Waals surface area contributed by atoms with Crippen LogP contribution in [-0.2, 0) is 13.1 Å². The topological polar surface area (TPSA) is 33.5 Å². The zero-order chi connectivity index (χ0) is 17.3. The van der Waals surface area contributed by atoms with Crippen LogP contribution in [0.25, 0.3) is 11.0 Å². The average Bonchev–Trinajstić information content (AvgIpc) is 2.51. The van der Waals surface area contributed by atoms with Gasteiger partial charge in [-0.05, 0) is 55.8 Å². The average molecular weight is 325 g/mol. The SMILES string of the molecule is Cc1cc2oc(=O)cc(CN(C)Cc3ccccc3F)c2cc1C. The summed E-state index contributed by atoms with van der Waals surface area (Å²) in [5, 5.41) is 0.929. The van der Waals surface area contributed by atoms with Crippen LogP contribution in [0.15, 0.2) is 51.7 Å². The van der Waals surface area contributed by atoms with Crippen molar-refractivity contribution in [1.29, 1.82) is 0 Å². The first-order chi connectivity index (χ1) is 11.4. The third kappa shape index (κ3) is 3.39. The van der Waals surface area contributed by atoms with E-state index in [9.17, 15) is 9.18 Å². The molecule has 0 radical (unpaired) electrons. The van der Waals surface area contributed by atoms with Crippen LogP contribution >= 0.6 is 0 Å². The Kier molecular flexibility index (Phi) is 4.49. The van der Waals surface area contributed by atoms with Gasteiger partial charge in [0.05, 0.1) is 0 Å². The van der Waals surface area contributed by atoms with Crippen LogP contribution in [0.3, 0.4) is 0 Å². The van der Waals surface area contributed by atoms with Gasteiger partial charge < -0.3 is 4.42 Å². The lowest BCUT2D eigenvalue weighted by molar-refractivity contribution is 0.314. The molecule has 3 aromatic rings. The highest BCUT2D eigenvalue weighted by molar-refractivity contribution is 5.81. The van der Waals surface area contributed by atoms with Gasteiger partial charge in [-0.25, -0.2) is 9.18 Å². The van der Waals surface area contributed by atoms with Gasteiger partial charge in [-0.15, -0.1) is 0 Å². The number of rotatable bonds is 4. The van der Waals surface area contributed by atoms with Gasteiger partial charge in [0.15, 0.2) is 0 Å². The van der Waals surface area contributed by atoms with E-state index >= 15 is 0 Å². The number of hydrogen-bond donors (Lipinski definition) is 0. The summed E-state index contributed by atoms with van der Waals surface area (Å²) in [4.78, 5) is 13.8. The minimum Gasteiger partial charge on any atom is -0.423 e. The highest BCUT2D eigenvalue weighted by atomic mass is 19.1. The van der Waals surface area contributed by atoms with E-state index in [1.807, 2.05) is 44.0 Å². The number of benzene rings is 2. The van der Waals surface area contributed by atoms with Gasteiger partial charge in [-0.1, -0.05) is 18.2 Å². The van der Waals surface area contributed by atoms with Crippen molar-refractivity contribution in [3.05, 3.63) is 81.0 Å². The molecule has 0 atom stereocenters. The summed E-state index contributed by atoms with van der Waals surface area (Å²) < 4.78 is 19.1. The Bertz CT molecular complexity index is 946. The standard InChI is InChI=1S/C20H20FNO2/c1-13-8-17-16(10-20(23)24-19(17)9-14(13)2)12-22(3)11-15-6-4-5-7-18(15)21/h4-10H,11-12H2,1-3H3. The van der Waals surface area contributed by atoms with E-state index in [0.29, 0.717) is 24.2 Å². The summed E-state index contributed by atoms with van der Waals surface area (Å²) in [5.74, 6) is -0.215. The Balaban J connectivity index is 1.93. The lowest BCUT2D eigenvalue weighted by Gasteiger charge is -2.18. The van der Waals surface area contributed by atoms with E-state index in [4.69, 9.17) is 4.42 Å². The summed E-state index contributed by atoms with van der Waals surface area (Å²) in [6.45, 7) is 5.04. The van der Waals surface area contributed by atoms with Gasteiger partial charge >= 0.3 is 5.63 Å². The number of fused-ring (bicyclic) bond motifs is 1. The third-order valence-electron chi connectivity index (χ3n) is 4.28. The molecule has 0 aliphatic carbocycles. The van der Waals surface area contributed by atoms with Gasteiger partial charge in [0.1, 0.15) is 11.4 Å². The second-order valence-electron chi connectivity index (χ2n) is 6.29. The maximum atomic E-state index is 13.8. The largest absolute Gasteiger partial charge is 0.423 e. The van der Waals surface area contributed by atoms with Crippen LogP contribution in [0.2, 0.25) is 0 Å². The van der Waals surface area contributed by atoms with Gasteiger partial charge in [0.25, 0.3) is 0 Å². The second-order valence-corrected chi connectivity index (χ2v) is 6.29. The fraction of sp³-hybridized carbons (Fsp3) is 0.250. The number of hydrogen-bond acceptors (Lipinski definition) is 3. The zero-order valence-electron chi connectivity index (χ0n) is 14.1. The molecule has 0 spiro atoms. The monoisotopic (exact) mass is 325 g/mol. The summed E-state index contributed by atoms with van der Waals surface area (Å²) in [6, 6.07) is 12.2. The fourth-order valence-electron chi connectivity index (χ4n) is 2.88. The molecule has 1 heterocycles. The van der Waals surface area contributed by atoms with Crippen molar-refractivity contribution in [3.8, 4) is 0 Å². The minimum absolute atomic E-state index is 0.215. The molecule has 0 saturated heterocycles. The van der Waals surface area contributed by atoms with E-state index < -0.39 is 0 Å². The Morgan fingerprint density at radius 1 is 1.00 bits per heavy atom. The lowest BCUT2D eigenvalue weighted by atomic mass is 10.0. The smallest absolute Gasteiger partial charge is 0.336 e. The predicted octanol–water partition coefficient (Wildman–Crippen LogP) is 4.18. The molecule has 0 unspecified atom stereocenters. The maximum absolute atomic E-state index is 13.8. The Hall–Kier alpha value is -2.46. The molecular formula is C20H20FNO2. The molecule has 0 saturated carbocycles. The van der Waals surface area contributed by atoms with Crippen molar-refractivity contribution in [2.24, 2.45) is 0 Å². The Morgan fingerprint density at radius 2 is 1.67 bits per heavy atom. The molecule has 0 bridgehead atoms. The molecular weight excluding hydrogens is 305 g/mol. The van der Waals surface area contributed by atoms with Gasteiger partial charge in [0, 0.05) is 30.1 Å². The fourth-order valence-corrected chi connectivity index (χ4v) is 2.88. The van der Waals surface area contributed by atoms with Gasteiger partial charge in [-0.3, -0.25) is 4.90 Å². The summed E-state index contributed by atoms with van der Waals surface area (Å²) >= 11 is 0. The van der Waals surface area contributed by atoms with Gasteiger partial charge in [0.2, 0.25) is 0 Å². The molecule has 24 heavy (non-hydrogen) atoms. The molecule has 0 fully saturated rings. The first-order valence-electron chi connectivity index (χ1n) is 7.90. The van der Waals surface area contributed by atoms with Crippen LogP contribution in [0.4, 0.5) is 4.39 Å². The molecule has 2 aromatic carbocycles. The van der Waals surface area contributed by atoms with Gasteiger partial charge in [-0.2, -0.15) is 0 Å². The predicted molar refractivity (Wildman–Crippen MR) is 93.5 cm³/mol. The van der Waals surface area contributed by atoms with E-state index in [0.717, 1.165) is 22.1 Å². The first kappa shape index (κ1) is 16.4. The van der Waals surface area contributed by atoms with Crippen LogP contribution in [0.5, 0.6) is 0 Å². The van der Waals surface area contributed by atoms with Crippen LogP contribution in [0.1, 0.15) is 22.3 Å². The Labute approximate surface area is 140 Å². The van der Waals surface area contributed by atoms with Crippen LogP contribution in [0, 0.1) is 19.7 Å². The maximum Gasteiger partial charge on any atom is 0.336 e.